The van der Waals surface area contributed by atoms with Crippen LogP contribution in [0.2, 0.25) is 0 Å². The minimum atomic E-state index is -0.515. The first-order valence-corrected chi connectivity index (χ1v) is 6.26. The normalized spacial score (nSPS) is 10.5. The van der Waals surface area contributed by atoms with Gasteiger partial charge in [0.05, 0.1) is 6.54 Å². The van der Waals surface area contributed by atoms with Gasteiger partial charge in [0.1, 0.15) is 16.5 Å². The number of aromatic nitrogens is 3. The zero-order valence-electron chi connectivity index (χ0n) is 9.77. The average molecular weight is 267 g/mol. The number of anilines is 2. The van der Waals surface area contributed by atoms with Crippen LogP contribution in [0.1, 0.15) is 11.9 Å². The molecule has 0 saturated carbocycles. The molecule has 0 aromatic carbocycles. The highest BCUT2D eigenvalue weighted by molar-refractivity contribution is 7.09. The average Bonchev–Trinajstić information content (AvgIpc) is 2.81. The van der Waals surface area contributed by atoms with Crippen LogP contribution in [0.25, 0.3) is 0 Å². The summed E-state index contributed by atoms with van der Waals surface area (Å²) in [5.41, 5.74) is 4.98. The summed E-state index contributed by atoms with van der Waals surface area (Å²) in [5.74, 6) is 0.141. The van der Waals surface area contributed by atoms with Crippen molar-refractivity contribution in [2.45, 2.75) is 20.0 Å². The largest absolute Gasteiger partial charge is 0.383 e. The Hall–Kier alpha value is -2.09. The Kier molecular flexibility index (Phi) is 3.47. The van der Waals surface area contributed by atoms with Crippen molar-refractivity contribution in [3.8, 4) is 0 Å². The van der Waals surface area contributed by atoms with Gasteiger partial charge in [-0.2, -0.15) is 0 Å². The lowest BCUT2D eigenvalue weighted by Crippen LogP contribution is -2.33. The van der Waals surface area contributed by atoms with Crippen LogP contribution in [-0.2, 0) is 13.1 Å². The minimum absolute atomic E-state index is 0.141. The molecule has 0 spiro atoms. The number of aromatic amines is 1. The highest BCUT2D eigenvalue weighted by atomic mass is 32.1. The third kappa shape index (κ3) is 2.28. The first-order chi connectivity index (χ1) is 8.63. The fourth-order valence-corrected chi connectivity index (χ4v) is 2.13. The monoisotopic (exact) mass is 267 g/mol. The maximum absolute atomic E-state index is 11.7. The molecule has 0 radical (unpaired) electrons. The predicted octanol–water partition coefficient (Wildman–Crippen LogP) is 0.207. The van der Waals surface area contributed by atoms with E-state index in [0.717, 1.165) is 5.01 Å². The van der Waals surface area contributed by atoms with Gasteiger partial charge in [0, 0.05) is 18.1 Å². The molecular formula is C10H13N5O2S. The Morgan fingerprint density at radius 1 is 1.56 bits per heavy atom. The van der Waals surface area contributed by atoms with Crippen LogP contribution in [-0.4, -0.2) is 14.5 Å². The fraction of sp³-hybridized carbons (Fsp3) is 0.300. The minimum Gasteiger partial charge on any atom is -0.383 e. The third-order valence-electron chi connectivity index (χ3n) is 2.46. The molecule has 0 aliphatic carbocycles. The van der Waals surface area contributed by atoms with Gasteiger partial charge in [-0.15, -0.1) is 11.3 Å². The molecule has 8 heteroatoms. The highest BCUT2D eigenvalue weighted by Gasteiger charge is 2.11. The van der Waals surface area contributed by atoms with Crippen molar-refractivity contribution < 1.29 is 0 Å². The van der Waals surface area contributed by atoms with E-state index in [2.05, 4.69) is 15.3 Å². The molecule has 0 saturated heterocycles. The van der Waals surface area contributed by atoms with Crippen LogP contribution < -0.4 is 22.3 Å². The topological polar surface area (TPSA) is 106 Å². The molecule has 2 heterocycles. The molecule has 18 heavy (non-hydrogen) atoms. The molecule has 0 aliphatic heterocycles. The summed E-state index contributed by atoms with van der Waals surface area (Å²) in [6, 6.07) is 0. The molecule has 96 valence electrons. The molecular weight excluding hydrogens is 254 g/mol. The molecule has 7 nitrogen and oxygen atoms in total. The van der Waals surface area contributed by atoms with E-state index in [1.165, 1.54) is 15.9 Å². The van der Waals surface area contributed by atoms with Crippen molar-refractivity contribution in [2.24, 2.45) is 0 Å². The van der Waals surface area contributed by atoms with Crippen molar-refractivity contribution in [1.29, 1.82) is 0 Å². The third-order valence-corrected chi connectivity index (χ3v) is 3.24. The summed E-state index contributed by atoms with van der Waals surface area (Å²) in [6.45, 7) is 2.57. The quantitative estimate of drug-likeness (QED) is 0.734. The van der Waals surface area contributed by atoms with E-state index in [4.69, 9.17) is 5.73 Å². The second-order valence-electron chi connectivity index (χ2n) is 3.54. The lowest BCUT2D eigenvalue weighted by atomic mass is 10.4. The summed E-state index contributed by atoms with van der Waals surface area (Å²) >= 11 is 1.47. The zero-order valence-corrected chi connectivity index (χ0v) is 10.6. The Balaban J connectivity index is 2.33. The molecule has 0 unspecified atom stereocenters. The number of nitrogens with one attached hydrogen (secondary N) is 2. The number of nitrogens with two attached hydrogens (primary N) is 1. The van der Waals surface area contributed by atoms with Gasteiger partial charge in [-0.3, -0.25) is 14.3 Å². The predicted molar refractivity (Wildman–Crippen MR) is 70.8 cm³/mol. The van der Waals surface area contributed by atoms with Crippen molar-refractivity contribution in [2.75, 3.05) is 11.1 Å². The molecule has 0 bridgehead atoms. The van der Waals surface area contributed by atoms with Gasteiger partial charge in [-0.05, 0) is 6.92 Å². The maximum atomic E-state index is 11.7. The Labute approximate surface area is 106 Å². The summed E-state index contributed by atoms with van der Waals surface area (Å²) < 4.78 is 1.30. The van der Waals surface area contributed by atoms with Crippen molar-refractivity contribution in [1.82, 2.24) is 14.5 Å². The first kappa shape index (κ1) is 12.4. The molecule has 2 aromatic rings. The summed E-state index contributed by atoms with van der Waals surface area (Å²) in [5, 5.41) is 5.59. The second kappa shape index (κ2) is 5.05. The fourth-order valence-electron chi connectivity index (χ4n) is 1.58. The standard InChI is InChI=1S/C10H13N5O2S/c1-2-15-8(11)7(9(16)14-10(15)17)13-5-6-12-3-4-18-6/h3-4,13H,2,5,11H2,1H3,(H,14,16,17). The van der Waals surface area contributed by atoms with E-state index < -0.39 is 11.2 Å². The van der Waals surface area contributed by atoms with Crippen LogP contribution in [0.5, 0.6) is 0 Å². The van der Waals surface area contributed by atoms with Crippen LogP contribution >= 0.6 is 11.3 Å². The first-order valence-electron chi connectivity index (χ1n) is 5.38. The van der Waals surface area contributed by atoms with Crippen LogP contribution in [0.15, 0.2) is 21.2 Å². The second-order valence-corrected chi connectivity index (χ2v) is 4.52. The Morgan fingerprint density at radius 2 is 2.33 bits per heavy atom. The number of hydrogen-bond donors (Lipinski definition) is 3. The van der Waals surface area contributed by atoms with Gasteiger partial charge in [-0.1, -0.05) is 0 Å². The van der Waals surface area contributed by atoms with Gasteiger partial charge in [0.2, 0.25) is 0 Å². The van der Waals surface area contributed by atoms with Gasteiger partial charge < -0.3 is 11.1 Å². The van der Waals surface area contributed by atoms with Crippen molar-refractivity contribution in [3.63, 3.8) is 0 Å². The van der Waals surface area contributed by atoms with E-state index in [1.807, 2.05) is 5.38 Å². The van der Waals surface area contributed by atoms with E-state index in [9.17, 15) is 9.59 Å². The molecule has 0 atom stereocenters. The summed E-state index contributed by atoms with van der Waals surface area (Å²) in [7, 11) is 0. The molecule has 0 aliphatic rings. The number of nitrogen functional groups attached to an aromatic ring is 1. The lowest BCUT2D eigenvalue weighted by molar-refractivity contribution is 0.706. The van der Waals surface area contributed by atoms with Gasteiger partial charge in [0.25, 0.3) is 5.56 Å². The summed E-state index contributed by atoms with van der Waals surface area (Å²) in [6.07, 6.45) is 1.68. The number of hydrogen-bond acceptors (Lipinski definition) is 6. The smallest absolute Gasteiger partial charge is 0.330 e. The van der Waals surface area contributed by atoms with Crippen molar-refractivity contribution >= 4 is 22.8 Å². The Morgan fingerprint density at radius 3 is 2.94 bits per heavy atom. The van der Waals surface area contributed by atoms with E-state index in [1.54, 1.807) is 13.1 Å². The number of H-pyrrole nitrogens is 1. The molecule has 2 rings (SSSR count). The zero-order chi connectivity index (χ0) is 13.1. The van der Waals surface area contributed by atoms with Gasteiger partial charge >= 0.3 is 5.69 Å². The number of rotatable bonds is 4. The maximum Gasteiger partial charge on any atom is 0.330 e. The summed E-state index contributed by atoms with van der Waals surface area (Å²) in [4.78, 5) is 29.4. The molecule has 2 aromatic heterocycles. The molecule has 4 N–H and O–H groups in total. The Bertz CT molecular complexity index is 643. The van der Waals surface area contributed by atoms with E-state index >= 15 is 0 Å². The van der Waals surface area contributed by atoms with Crippen LogP contribution in [0.4, 0.5) is 11.5 Å². The van der Waals surface area contributed by atoms with Crippen LogP contribution in [0.3, 0.4) is 0 Å². The van der Waals surface area contributed by atoms with Gasteiger partial charge in [-0.25, -0.2) is 9.78 Å². The van der Waals surface area contributed by atoms with Gasteiger partial charge in [0.15, 0.2) is 0 Å². The SMILES string of the molecule is CCn1c(N)c(NCc2nccs2)c(=O)[nH]c1=O. The van der Waals surface area contributed by atoms with Crippen molar-refractivity contribution in [3.05, 3.63) is 37.4 Å². The highest BCUT2D eigenvalue weighted by Crippen LogP contribution is 2.12. The van der Waals surface area contributed by atoms with E-state index in [-0.39, 0.29) is 11.5 Å². The number of thiazole rings is 1. The molecule has 0 fully saturated rings. The lowest BCUT2D eigenvalue weighted by Gasteiger charge is -2.11. The van der Waals surface area contributed by atoms with Crippen LogP contribution in [0, 0.1) is 0 Å². The van der Waals surface area contributed by atoms with E-state index in [0.29, 0.717) is 13.1 Å². The molecule has 0 amide bonds. The number of nitrogens with zero attached hydrogens (tertiary/aromatic N) is 2.